The molecule has 0 spiro atoms. The molecule has 1 aromatic carbocycles. The summed E-state index contributed by atoms with van der Waals surface area (Å²) in [4.78, 5) is 13.2. The number of fused-ring (bicyclic) bond motifs is 2. The molecular weight excluding hydrogens is 236 g/mol. The standard InChI is InChI=1S/C15H10N4/c1-2-8-19-10-14(18-15(19)3-1)11-4-5-12-13(9-11)17-7-6-16-12/h1-10H. The number of hydrogen-bond acceptors (Lipinski definition) is 3. The average Bonchev–Trinajstić information content (AvgIpc) is 2.90. The van der Waals surface area contributed by atoms with E-state index in [9.17, 15) is 0 Å². The van der Waals surface area contributed by atoms with Crippen LogP contribution >= 0.6 is 0 Å². The Morgan fingerprint density at radius 3 is 2.68 bits per heavy atom. The lowest BCUT2D eigenvalue weighted by molar-refractivity contribution is 1.19. The third-order valence-electron chi connectivity index (χ3n) is 3.13. The van der Waals surface area contributed by atoms with Crippen LogP contribution in [0.5, 0.6) is 0 Å². The van der Waals surface area contributed by atoms with E-state index < -0.39 is 0 Å². The van der Waals surface area contributed by atoms with Crippen molar-refractivity contribution in [1.29, 1.82) is 0 Å². The fourth-order valence-corrected chi connectivity index (χ4v) is 2.20. The summed E-state index contributed by atoms with van der Waals surface area (Å²) in [6, 6.07) is 12.0. The summed E-state index contributed by atoms with van der Waals surface area (Å²) < 4.78 is 2.01. The van der Waals surface area contributed by atoms with Crippen molar-refractivity contribution in [2.45, 2.75) is 0 Å². The van der Waals surface area contributed by atoms with Crippen LogP contribution < -0.4 is 0 Å². The van der Waals surface area contributed by atoms with Crippen molar-refractivity contribution in [2.75, 3.05) is 0 Å². The molecule has 0 aliphatic rings. The summed E-state index contributed by atoms with van der Waals surface area (Å²) in [5.74, 6) is 0. The van der Waals surface area contributed by atoms with E-state index in [-0.39, 0.29) is 0 Å². The third kappa shape index (κ3) is 1.65. The zero-order valence-corrected chi connectivity index (χ0v) is 10.1. The SMILES string of the molecule is c1ccn2cc(-c3ccc4nccnc4c3)nc2c1. The van der Waals surface area contributed by atoms with E-state index in [1.165, 1.54) is 0 Å². The molecule has 4 aromatic rings. The van der Waals surface area contributed by atoms with E-state index in [0.29, 0.717) is 0 Å². The third-order valence-corrected chi connectivity index (χ3v) is 3.13. The van der Waals surface area contributed by atoms with E-state index in [0.717, 1.165) is 27.9 Å². The van der Waals surface area contributed by atoms with Crippen molar-refractivity contribution in [3.8, 4) is 11.3 Å². The maximum Gasteiger partial charge on any atom is 0.137 e. The van der Waals surface area contributed by atoms with Gasteiger partial charge in [-0.15, -0.1) is 0 Å². The smallest absolute Gasteiger partial charge is 0.137 e. The largest absolute Gasteiger partial charge is 0.306 e. The van der Waals surface area contributed by atoms with Crippen LogP contribution in [0.4, 0.5) is 0 Å². The second-order valence-electron chi connectivity index (χ2n) is 4.35. The molecular formula is C15H10N4. The van der Waals surface area contributed by atoms with Gasteiger partial charge in [-0.1, -0.05) is 12.1 Å². The molecule has 3 heterocycles. The van der Waals surface area contributed by atoms with Gasteiger partial charge in [-0.05, 0) is 24.3 Å². The molecule has 4 nitrogen and oxygen atoms in total. The number of aromatic nitrogens is 4. The van der Waals surface area contributed by atoms with Gasteiger partial charge in [0.15, 0.2) is 0 Å². The molecule has 0 N–H and O–H groups in total. The topological polar surface area (TPSA) is 43.1 Å². The molecule has 0 aliphatic carbocycles. The van der Waals surface area contributed by atoms with Gasteiger partial charge in [-0.25, -0.2) is 4.98 Å². The predicted molar refractivity (Wildman–Crippen MR) is 73.7 cm³/mol. The van der Waals surface area contributed by atoms with Gasteiger partial charge < -0.3 is 4.40 Å². The second-order valence-corrected chi connectivity index (χ2v) is 4.35. The number of rotatable bonds is 1. The quantitative estimate of drug-likeness (QED) is 0.518. The lowest BCUT2D eigenvalue weighted by atomic mass is 10.1. The van der Waals surface area contributed by atoms with Crippen LogP contribution in [0.25, 0.3) is 27.9 Å². The lowest BCUT2D eigenvalue weighted by Crippen LogP contribution is -1.83. The lowest BCUT2D eigenvalue weighted by Gasteiger charge is -1.98. The van der Waals surface area contributed by atoms with Crippen LogP contribution in [-0.2, 0) is 0 Å². The van der Waals surface area contributed by atoms with E-state index in [2.05, 4.69) is 15.0 Å². The van der Waals surface area contributed by atoms with Crippen molar-refractivity contribution in [1.82, 2.24) is 19.4 Å². The maximum atomic E-state index is 4.60. The van der Waals surface area contributed by atoms with Gasteiger partial charge in [-0.3, -0.25) is 9.97 Å². The first-order valence-electron chi connectivity index (χ1n) is 6.05. The monoisotopic (exact) mass is 246 g/mol. The molecule has 0 radical (unpaired) electrons. The molecule has 19 heavy (non-hydrogen) atoms. The summed E-state index contributed by atoms with van der Waals surface area (Å²) in [6.07, 6.45) is 7.42. The number of nitrogens with zero attached hydrogens (tertiary/aromatic N) is 4. The molecule has 0 bridgehead atoms. The molecule has 4 rings (SSSR count). The summed E-state index contributed by atoms with van der Waals surface area (Å²) >= 11 is 0. The Labute approximate surface area is 109 Å². The fourth-order valence-electron chi connectivity index (χ4n) is 2.20. The molecule has 0 saturated carbocycles. The van der Waals surface area contributed by atoms with Crippen LogP contribution in [0, 0.1) is 0 Å². The van der Waals surface area contributed by atoms with Gasteiger partial charge >= 0.3 is 0 Å². The van der Waals surface area contributed by atoms with Gasteiger partial charge in [0.1, 0.15) is 5.65 Å². The fraction of sp³-hybridized carbons (Fsp3) is 0. The summed E-state index contributed by atoms with van der Waals surface area (Å²) in [6.45, 7) is 0. The highest BCUT2D eigenvalue weighted by Gasteiger charge is 2.05. The number of hydrogen-bond donors (Lipinski definition) is 0. The minimum absolute atomic E-state index is 0.886. The molecule has 90 valence electrons. The number of benzene rings is 1. The zero-order chi connectivity index (χ0) is 12.7. The predicted octanol–water partition coefficient (Wildman–Crippen LogP) is 2.94. The van der Waals surface area contributed by atoms with Crippen molar-refractivity contribution in [2.24, 2.45) is 0 Å². The van der Waals surface area contributed by atoms with Crippen LogP contribution in [-0.4, -0.2) is 19.4 Å². The Hall–Kier alpha value is -2.75. The Balaban J connectivity index is 1.93. The Bertz CT molecular complexity index is 846. The Morgan fingerprint density at radius 1 is 0.895 bits per heavy atom. The first-order chi connectivity index (χ1) is 9.40. The molecule has 0 saturated heterocycles. The van der Waals surface area contributed by atoms with E-state index in [1.54, 1.807) is 12.4 Å². The molecule has 0 fully saturated rings. The average molecular weight is 246 g/mol. The molecule has 0 amide bonds. The molecule has 3 aromatic heterocycles. The van der Waals surface area contributed by atoms with E-state index in [1.807, 2.05) is 53.2 Å². The van der Waals surface area contributed by atoms with Crippen LogP contribution in [0.1, 0.15) is 0 Å². The summed E-state index contributed by atoms with van der Waals surface area (Å²) in [5, 5.41) is 0. The van der Waals surface area contributed by atoms with Crippen LogP contribution in [0.3, 0.4) is 0 Å². The highest BCUT2D eigenvalue weighted by molar-refractivity contribution is 5.80. The van der Waals surface area contributed by atoms with Gasteiger partial charge in [0, 0.05) is 30.4 Å². The van der Waals surface area contributed by atoms with Crippen LogP contribution in [0.15, 0.2) is 61.2 Å². The normalized spacial score (nSPS) is 11.2. The van der Waals surface area contributed by atoms with Crippen molar-refractivity contribution < 1.29 is 0 Å². The van der Waals surface area contributed by atoms with Crippen LogP contribution in [0.2, 0.25) is 0 Å². The second kappa shape index (κ2) is 3.88. The number of pyridine rings is 1. The minimum Gasteiger partial charge on any atom is -0.306 e. The highest BCUT2D eigenvalue weighted by Crippen LogP contribution is 2.22. The minimum atomic E-state index is 0.886. The maximum absolute atomic E-state index is 4.60. The first-order valence-corrected chi connectivity index (χ1v) is 6.05. The van der Waals surface area contributed by atoms with Gasteiger partial charge in [0.25, 0.3) is 0 Å². The first kappa shape index (κ1) is 10.2. The van der Waals surface area contributed by atoms with Gasteiger partial charge in [-0.2, -0.15) is 0 Å². The molecule has 0 unspecified atom stereocenters. The van der Waals surface area contributed by atoms with E-state index >= 15 is 0 Å². The molecule has 4 heteroatoms. The molecule has 0 aliphatic heterocycles. The van der Waals surface area contributed by atoms with Crippen molar-refractivity contribution in [3.63, 3.8) is 0 Å². The van der Waals surface area contributed by atoms with Gasteiger partial charge in [0.05, 0.1) is 16.7 Å². The molecule has 0 atom stereocenters. The highest BCUT2D eigenvalue weighted by atomic mass is 15.0. The van der Waals surface area contributed by atoms with Gasteiger partial charge in [0.2, 0.25) is 0 Å². The summed E-state index contributed by atoms with van der Waals surface area (Å²) in [7, 11) is 0. The van der Waals surface area contributed by atoms with Crippen molar-refractivity contribution >= 4 is 16.7 Å². The number of imidazole rings is 1. The zero-order valence-electron chi connectivity index (χ0n) is 10.1. The summed E-state index contributed by atoms with van der Waals surface area (Å²) in [5.41, 5.74) is 4.72. The Morgan fingerprint density at radius 2 is 1.79 bits per heavy atom. The van der Waals surface area contributed by atoms with E-state index in [4.69, 9.17) is 0 Å². The van der Waals surface area contributed by atoms with Crippen molar-refractivity contribution in [3.05, 3.63) is 61.2 Å². The Kier molecular flexibility index (Phi) is 2.08.